The van der Waals surface area contributed by atoms with Crippen LogP contribution in [0.25, 0.3) is 0 Å². The molecule has 8 heteroatoms. The normalized spacial score (nSPS) is 11.7. The van der Waals surface area contributed by atoms with Crippen LogP contribution in [-0.2, 0) is 20.1 Å². The number of thiophene rings is 1. The van der Waals surface area contributed by atoms with Gasteiger partial charge in [-0.15, -0.1) is 23.1 Å². The van der Waals surface area contributed by atoms with Gasteiger partial charge in [0.05, 0.1) is 10.1 Å². The van der Waals surface area contributed by atoms with Gasteiger partial charge in [-0.25, -0.2) is 0 Å². The number of carbonyl (C=O) groups excluding carboxylic acids is 3. The number of amides is 1. The third-order valence-corrected chi connectivity index (χ3v) is 5.68. The van der Waals surface area contributed by atoms with Crippen LogP contribution in [0.1, 0.15) is 29.1 Å². The van der Waals surface area contributed by atoms with Gasteiger partial charge in [0.15, 0.2) is 11.9 Å². The minimum absolute atomic E-state index is 0.0929. The topological polar surface area (TPSA) is 72.5 Å². The van der Waals surface area contributed by atoms with Crippen LogP contribution in [-0.4, -0.2) is 29.5 Å². The van der Waals surface area contributed by atoms with Gasteiger partial charge in [-0.05, 0) is 38.1 Å². The number of halogens is 1. The SMILES string of the molecule is CC(=O)c1cccc(NC(=O)[C@@H](C)OC(=O)CSCc2ccc(Cl)s2)c1. The van der Waals surface area contributed by atoms with Crippen LogP contribution in [0.3, 0.4) is 0 Å². The Morgan fingerprint density at radius 1 is 1.27 bits per heavy atom. The van der Waals surface area contributed by atoms with Gasteiger partial charge < -0.3 is 10.1 Å². The summed E-state index contributed by atoms with van der Waals surface area (Å²) in [5.41, 5.74) is 0.979. The number of anilines is 1. The average Bonchev–Trinajstić information content (AvgIpc) is 3.00. The van der Waals surface area contributed by atoms with E-state index in [-0.39, 0.29) is 11.5 Å². The molecule has 138 valence electrons. The van der Waals surface area contributed by atoms with Crippen LogP contribution >= 0.6 is 34.7 Å². The van der Waals surface area contributed by atoms with Gasteiger partial charge in [-0.2, -0.15) is 0 Å². The van der Waals surface area contributed by atoms with Crippen molar-refractivity contribution in [2.75, 3.05) is 11.1 Å². The molecule has 1 aromatic heterocycles. The Bertz CT molecular complexity index is 806. The number of rotatable bonds is 8. The van der Waals surface area contributed by atoms with Gasteiger partial charge in [0.25, 0.3) is 5.91 Å². The molecular weight excluding hydrogens is 394 g/mol. The summed E-state index contributed by atoms with van der Waals surface area (Å²) in [5, 5.41) is 2.64. The highest BCUT2D eigenvalue weighted by molar-refractivity contribution is 7.99. The minimum Gasteiger partial charge on any atom is -0.452 e. The fourth-order valence-corrected chi connectivity index (χ4v) is 4.01. The summed E-state index contributed by atoms with van der Waals surface area (Å²) in [4.78, 5) is 36.4. The zero-order chi connectivity index (χ0) is 19.1. The van der Waals surface area contributed by atoms with Crippen molar-refractivity contribution in [3.05, 3.63) is 51.2 Å². The number of ketones is 1. The molecule has 1 heterocycles. The maximum absolute atomic E-state index is 12.1. The molecular formula is C18H18ClNO4S2. The lowest BCUT2D eigenvalue weighted by Gasteiger charge is -2.13. The summed E-state index contributed by atoms with van der Waals surface area (Å²) in [6.07, 6.45) is -0.930. The van der Waals surface area contributed by atoms with E-state index < -0.39 is 18.0 Å². The molecule has 26 heavy (non-hydrogen) atoms. The van der Waals surface area contributed by atoms with E-state index in [1.807, 2.05) is 12.1 Å². The Morgan fingerprint density at radius 2 is 2.04 bits per heavy atom. The highest BCUT2D eigenvalue weighted by atomic mass is 35.5. The van der Waals surface area contributed by atoms with Crippen LogP contribution in [0.4, 0.5) is 5.69 Å². The molecule has 2 aromatic rings. The molecule has 0 saturated heterocycles. The van der Waals surface area contributed by atoms with E-state index in [2.05, 4.69) is 5.32 Å². The number of hydrogen-bond acceptors (Lipinski definition) is 6. The van der Waals surface area contributed by atoms with Gasteiger partial charge in [0.1, 0.15) is 0 Å². The molecule has 2 rings (SSSR count). The largest absolute Gasteiger partial charge is 0.452 e. The number of esters is 1. The summed E-state index contributed by atoms with van der Waals surface area (Å²) < 4.78 is 5.85. The fourth-order valence-electron chi connectivity index (χ4n) is 2.01. The van der Waals surface area contributed by atoms with Gasteiger partial charge in [0.2, 0.25) is 0 Å². The summed E-state index contributed by atoms with van der Waals surface area (Å²) in [5.74, 6) is -0.200. The Morgan fingerprint density at radius 3 is 2.69 bits per heavy atom. The van der Waals surface area contributed by atoms with Crippen molar-refractivity contribution in [1.29, 1.82) is 0 Å². The van der Waals surface area contributed by atoms with Crippen molar-refractivity contribution >= 4 is 58.0 Å². The van der Waals surface area contributed by atoms with Crippen molar-refractivity contribution in [3.63, 3.8) is 0 Å². The van der Waals surface area contributed by atoms with Crippen molar-refractivity contribution in [2.24, 2.45) is 0 Å². The third-order valence-electron chi connectivity index (χ3n) is 3.31. The summed E-state index contributed by atoms with van der Waals surface area (Å²) in [6.45, 7) is 2.96. The minimum atomic E-state index is -0.930. The van der Waals surface area contributed by atoms with E-state index in [1.54, 1.807) is 24.3 Å². The van der Waals surface area contributed by atoms with E-state index in [1.165, 1.54) is 36.9 Å². The fraction of sp³-hybridized carbons (Fsp3) is 0.278. The lowest BCUT2D eigenvalue weighted by Crippen LogP contribution is -2.30. The zero-order valence-corrected chi connectivity index (χ0v) is 16.7. The Hall–Kier alpha value is -1.83. The summed E-state index contributed by atoms with van der Waals surface area (Å²) >= 11 is 8.72. The quantitative estimate of drug-likeness (QED) is 0.514. The zero-order valence-electron chi connectivity index (χ0n) is 14.3. The predicted octanol–water partition coefficient (Wildman–Crippen LogP) is 4.41. The smallest absolute Gasteiger partial charge is 0.316 e. The van der Waals surface area contributed by atoms with E-state index in [4.69, 9.17) is 16.3 Å². The molecule has 1 N–H and O–H groups in total. The van der Waals surface area contributed by atoms with Crippen LogP contribution in [0, 0.1) is 0 Å². The number of ether oxygens (including phenoxy) is 1. The number of hydrogen-bond donors (Lipinski definition) is 1. The lowest BCUT2D eigenvalue weighted by molar-refractivity contribution is -0.150. The molecule has 0 saturated carbocycles. The van der Waals surface area contributed by atoms with Crippen molar-refractivity contribution in [1.82, 2.24) is 0 Å². The molecule has 0 radical (unpaired) electrons. The molecule has 5 nitrogen and oxygen atoms in total. The Labute approximate surface area is 165 Å². The number of nitrogens with one attached hydrogen (secondary N) is 1. The summed E-state index contributed by atoms with van der Waals surface area (Å²) in [6, 6.07) is 10.3. The first-order chi connectivity index (χ1) is 12.3. The number of benzene rings is 1. The molecule has 0 spiro atoms. The van der Waals surface area contributed by atoms with Gasteiger partial charge in [0, 0.05) is 21.9 Å². The maximum atomic E-state index is 12.1. The molecule has 0 bridgehead atoms. The first-order valence-corrected chi connectivity index (χ1v) is 10.1. The molecule has 1 atom stereocenters. The van der Waals surface area contributed by atoms with Crippen molar-refractivity contribution in [2.45, 2.75) is 25.7 Å². The van der Waals surface area contributed by atoms with E-state index in [9.17, 15) is 14.4 Å². The first-order valence-electron chi connectivity index (χ1n) is 7.78. The van der Waals surface area contributed by atoms with Gasteiger partial charge >= 0.3 is 5.97 Å². The van der Waals surface area contributed by atoms with Gasteiger partial charge in [-0.1, -0.05) is 23.7 Å². The van der Waals surface area contributed by atoms with E-state index in [0.717, 1.165) is 4.88 Å². The molecule has 1 amide bonds. The molecule has 0 aliphatic heterocycles. The molecule has 0 aliphatic rings. The second-order valence-corrected chi connectivity index (χ2v) is 8.24. The first kappa shape index (κ1) is 20.5. The van der Waals surface area contributed by atoms with Gasteiger partial charge in [-0.3, -0.25) is 14.4 Å². The van der Waals surface area contributed by atoms with Crippen molar-refractivity contribution < 1.29 is 19.1 Å². The number of carbonyl (C=O) groups is 3. The Balaban J connectivity index is 1.77. The average molecular weight is 412 g/mol. The number of thioether (sulfide) groups is 1. The van der Waals surface area contributed by atoms with E-state index >= 15 is 0 Å². The summed E-state index contributed by atoms with van der Waals surface area (Å²) in [7, 11) is 0. The van der Waals surface area contributed by atoms with Crippen LogP contribution in [0.5, 0.6) is 0 Å². The van der Waals surface area contributed by atoms with Crippen LogP contribution < -0.4 is 5.32 Å². The molecule has 0 fully saturated rings. The second-order valence-electron chi connectivity index (χ2n) is 5.46. The molecule has 0 aliphatic carbocycles. The molecule has 1 aromatic carbocycles. The van der Waals surface area contributed by atoms with Crippen molar-refractivity contribution in [3.8, 4) is 0 Å². The monoisotopic (exact) mass is 411 g/mol. The highest BCUT2D eigenvalue weighted by Gasteiger charge is 2.18. The standard InChI is InChI=1S/C18H18ClNO4S2/c1-11(21)13-4-3-5-14(8-13)20-18(23)12(2)24-17(22)10-25-9-15-6-7-16(19)26-15/h3-8,12H,9-10H2,1-2H3,(H,20,23)/t12-/m1/s1. The highest BCUT2D eigenvalue weighted by Crippen LogP contribution is 2.25. The van der Waals surface area contributed by atoms with Crippen LogP contribution in [0.15, 0.2) is 36.4 Å². The predicted molar refractivity (Wildman–Crippen MR) is 106 cm³/mol. The maximum Gasteiger partial charge on any atom is 0.316 e. The van der Waals surface area contributed by atoms with E-state index in [0.29, 0.717) is 21.3 Å². The lowest BCUT2D eigenvalue weighted by atomic mass is 10.1. The third kappa shape index (κ3) is 6.48. The molecule has 0 unspecified atom stereocenters. The number of Topliss-reactive ketones (excluding diaryl/α,β-unsaturated/α-hetero) is 1. The second kappa shape index (κ2) is 9.75. The van der Waals surface area contributed by atoms with Crippen LogP contribution in [0.2, 0.25) is 4.34 Å². The Kier molecular flexibility index (Phi) is 7.68.